The molecule has 32 heavy (non-hydrogen) atoms. The molecule has 0 unspecified atom stereocenters. The molecule has 1 aliphatic carbocycles. The third-order valence-corrected chi connectivity index (χ3v) is 6.11. The van der Waals surface area contributed by atoms with E-state index in [9.17, 15) is 19.2 Å². The molecule has 1 saturated carbocycles. The number of imide groups is 1. The third kappa shape index (κ3) is 4.15. The van der Waals surface area contributed by atoms with Gasteiger partial charge in [0.15, 0.2) is 6.61 Å². The summed E-state index contributed by atoms with van der Waals surface area (Å²) in [6, 6.07) is 13.4. The Morgan fingerprint density at radius 1 is 0.969 bits per heavy atom. The first kappa shape index (κ1) is 21.7. The standard InChI is InChI=1S/C25H26N2O5/c1-2-26(18-9-5-3-6-10-18)22(28)16-32-25(31)17-13-14-20-21(15-17)24(30)27(23(20)29)19-11-7-4-8-12-19/h3,5-6,9-10,13-15,19H,2,4,7-8,11-12,16H2,1H3. The maximum atomic E-state index is 12.9. The number of ether oxygens (including phenoxy) is 1. The van der Waals surface area contributed by atoms with E-state index in [4.69, 9.17) is 4.74 Å². The number of benzene rings is 2. The number of amides is 3. The van der Waals surface area contributed by atoms with Crippen molar-refractivity contribution in [1.29, 1.82) is 0 Å². The minimum atomic E-state index is -0.707. The van der Waals surface area contributed by atoms with E-state index in [1.54, 1.807) is 0 Å². The second-order valence-corrected chi connectivity index (χ2v) is 8.08. The van der Waals surface area contributed by atoms with Crippen molar-refractivity contribution in [1.82, 2.24) is 4.90 Å². The van der Waals surface area contributed by atoms with E-state index in [1.165, 1.54) is 28.0 Å². The van der Waals surface area contributed by atoms with Crippen LogP contribution in [0, 0.1) is 0 Å². The Hall–Kier alpha value is -3.48. The van der Waals surface area contributed by atoms with Crippen LogP contribution >= 0.6 is 0 Å². The molecule has 0 N–H and O–H groups in total. The molecule has 7 nitrogen and oxygen atoms in total. The summed E-state index contributed by atoms with van der Waals surface area (Å²) in [5.74, 6) is -1.71. The normalized spacial score (nSPS) is 16.1. The molecule has 0 radical (unpaired) electrons. The molecule has 4 rings (SSSR count). The number of anilines is 1. The lowest BCUT2D eigenvalue weighted by Crippen LogP contribution is -2.40. The first-order chi connectivity index (χ1) is 15.5. The number of likely N-dealkylation sites (N-methyl/N-ethyl adjacent to an activating group) is 1. The number of fused-ring (bicyclic) bond motifs is 1. The van der Waals surface area contributed by atoms with Gasteiger partial charge in [-0.15, -0.1) is 0 Å². The predicted octanol–water partition coefficient (Wildman–Crippen LogP) is 3.83. The molecule has 166 valence electrons. The Morgan fingerprint density at radius 2 is 1.66 bits per heavy atom. The Labute approximate surface area is 187 Å². The molecule has 0 bridgehead atoms. The van der Waals surface area contributed by atoms with E-state index >= 15 is 0 Å². The first-order valence-corrected chi connectivity index (χ1v) is 11.1. The fraction of sp³-hybridized carbons (Fsp3) is 0.360. The molecule has 3 amide bonds. The number of esters is 1. The number of hydrogen-bond acceptors (Lipinski definition) is 5. The minimum Gasteiger partial charge on any atom is -0.452 e. The van der Waals surface area contributed by atoms with E-state index in [2.05, 4.69) is 0 Å². The van der Waals surface area contributed by atoms with Crippen molar-refractivity contribution in [3.63, 3.8) is 0 Å². The molecule has 1 fully saturated rings. The lowest BCUT2D eigenvalue weighted by Gasteiger charge is -2.29. The summed E-state index contributed by atoms with van der Waals surface area (Å²) in [7, 11) is 0. The van der Waals surface area contributed by atoms with Gasteiger partial charge in [0.25, 0.3) is 17.7 Å². The molecule has 0 atom stereocenters. The van der Waals surface area contributed by atoms with E-state index < -0.39 is 12.6 Å². The van der Waals surface area contributed by atoms with Crippen molar-refractivity contribution in [2.24, 2.45) is 0 Å². The third-order valence-electron chi connectivity index (χ3n) is 6.11. The largest absolute Gasteiger partial charge is 0.452 e. The highest BCUT2D eigenvalue weighted by atomic mass is 16.5. The molecule has 7 heteroatoms. The molecular weight excluding hydrogens is 408 g/mol. The first-order valence-electron chi connectivity index (χ1n) is 11.1. The highest BCUT2D eigenvalue weighted by molar-refractivity contribution is 6.22. The van der Waals surface area contributed by atoms with Gasteiger partial charge in [0.2, 0.25) is 0 Å². The number of carbonyl (C=O) groups excluding carboxylic acids is 4. The molecule has 0 aromatic heterocycles. The quantitative estimate of drug-likeness (QED) is 0.510. The summed E-state index contributed by atoms with van der Waals surface area (Å²) < 4.78 is 5.22. The Bertz CT molecular complexity index is 1040. The van der Waals surface area contributed by atoms with Gasteiger partial charge in [0, 0.05) is 18.3 Å². The van der Waals surface area contributed by atoms with Gasteiger partial charge in [-0.1, -0.05) is 37.5 Å². The molecule has 0 saturated heterocycles. The van der Waals surface area contributed by atoms with E-state index in [0.717, 1.165) is 37.8 Å². The van der Waals surface area contributed by atoms with Crippen LogP contribution in [0.25, 0.3) is 0 Å². The van der Waals surface area contributed by atoms with Crippen LogP contribution in [0.2, 0.25) is 0 Å². The number of nitrogens with zero attached hydrogens (tertiary/aromatic N) is 2. The molecular formula is C25H26N2O5. The highest BCUT2D eigenvalue weighted by Crippen LogP contribution is 2.31. The lowest BCUT2D eigenvalue weighted by atomic mass is 9.94. The van der Waals surface area contributed by atoms with Crippen molar-refractivity contribution in [2.45, 2.75) is 45.1 Å². The average molecular weight is 434 g/mol. The van der Waals surface area contributed by atoms with E-state index in [0.29, 0.717) is 12.1 Å². The average Bonchev–Trinajstić information content (AvgIpc) is 3.08. The summed E-state index contributed by atoms with van der Waals surface area (Å²) >= 11 is 0. The number of carbonyl (C=O) groups is 4. The van der Waals surface area contributed by atoms with E-state index in [1.807, 2.05) is 37.3 Å². The molecule has 2 aromatic rings. The predicted molar refractivity (Wildman–Crippen MR) is 119 cm³/mol. The summed E-state index contributed by atoms with van der Waals surface area (Å²) in [5.41, 5.74) is 1.40. The number of para-hydroxylation sites is 1. The minimum absolute atomic E-state index is 0.0813. The van der Waals surface area contributed by atoms with Crippen LogP contribution in [-0.2, 0) is 9.53 Å². The van der Waals surface area contributed by atoms with E-state index in [-0.39, 0.29) is 34.9 Å². The maximum absolute atomic E-state index is 12.9. The summed E-state index contributed by atoms with van der Waals surface area (Å²) in [4.78, 5) is 53.7. The van der Waals surface area contributed by atoms with Gasteiger partial charge in [0.05, 0.1) is 16.7 Å². The molecule has 2 aromatic carbocycles. The molecule has 2 aliphatic rings. The van der Waals surface area contributed by atoms with Crippen molar-refractivity contribution in [3.05, 3.63) is 65.2 Å². The van der Waals surface area contributed by atoms with Crippen molar-refractivity contribution >= 4 is 29.4 Å². The van der Waals surface area contributed by atoms with Crippen LogP contribution in [-0.4, -0.2) is 47.8 Å². The fourth-order valence-electron chi connectivity index (χ4n) is 4.46. The van der Waals surface area contributed by atoms with Crippen molar-refractivity contribution in [2.75, 3.05) is 18.1 Å². The zero-order valence-corrected chi connectivity index (χ0v) is 18.1. The molecule has 1 heterocycles. The van der Waals surface area contributed by atoms with Crippen LogP contribution in [0.15, 0.2) is 48.5 Å². The zero-order valence-electron chi connectivity index (χ0n) is 18.1. The van der Waals surface area contributed by atoms with Gasteiger partial charge < -0.3 is 9.64 Å². The SMILES string of the molecule is CCN(C(=O)COC(=O)c1ccc2c(c1)C(=O)N(C1CCCCC1)C2=O)c1ccccc1. The van der Waals surface area contributed by atoms with Crippen LogP contribution in [0.3, 0.4) is 0 Å². The van der Waals surface area contributed by atoms with Crippen LogP contribution in [0.5, 0.6) is 0 Å². The van der Waals surface area contributed by atoms with Crippen LogP contribution < -0.4 is 4.90 Å². The summed E-state index contributed by atoms with van der Waals surface area (Å²) in [5, 5.41) is 0. The monoisotopic (exact) mass is 434 g/mol. The second-order valence-electron chi connectivity index (χ2n) is 8.08. The van der Waals surface area contributed by atoms with Crippen molar-refractivity contribution in [3.8, 4) is 0 Å². The fourth-order valence-corrected chi connectivity index (χ4v) is 4.46. The van der Waals surface area contributed by atoms with Gasteiger partial charge in [-0.3, -0.25) is 19.3 Å². The zero-order chi connectivity index (χ0) is 22.7. The Kier molecular flexibility index (Phi) is 6.35. The topological polar surface area (TPSA) is 84.0 Å². The van der Waals surface area contributed by atoms with Gasteiger partial charge in [-0.05, 0) is 50.1 Å². The van der Waals surface area contributed by atoms with Gasteiger partial charge in [0.1, 0.15) is 0 Å². The smallest absolute Gasteiger partial charge is 0.338 e. The lowest BCUT2D eigenvalue weighted by molar-refractivity contribution is -0.121. The Morgan fingerprint density at radius 3 is 2.34 bits per heavy atom. The van der Waals surface area contributed by atoms with Gasteiger partial charge >= 0.3 is 5.97 Å². The summed E-state index contributed by atoms with van der Waals surface area (Å²) in [6.45, 7) is 1.86. The molecule has 1 aliphatic heterocycles. The van der Waals surface area contributed by atoms with Gasteiger partial charge in [-0.2, -0.15) is 0 Å². The van der Waals surface area contributed by atoms with Crippen LogP contribution in [0.4, 0.5) is 5.69 Å². The molecule has 0 spiro atoms. The summed E-state index contributed by atoms with van der Waals surface area (Å²) in [6.07, 6.45) is 4.76. The number of hydrogen-bond donors (Lipinski definition) is 0. The van der Waals surface area contributed by atoms with Gasteiger partial charge in [-0.25, -0.2) is 4.79 Å². The second kappa shape index (κ2) is 9.34. The van der Waals surface area contributed by atoms with Crippen molar-refractivity contribution < 1.29 is 23.9 Å². The van der Waals surface area contributed by atoms with Crippen LogP contribution in [0.1, 0.15) is 70.1 Å². The highest BCUT2D eigenvalue weighted by Gasteiger charge is 2.40. The Balaban J connectivity index is 1.44. The number of rotatable bonds is 6. The maximum Gasteiger partial charge on any atom is 0.338 e.